The van der Waals surface area contributed by atoms with Crippen LogP contribution >= 0.6 is 0 Å². The van der Waals surface area contributed by atoms with E-state index >= 15 is 0 Å². The topological polar surface area (TPSA) is 15.3 Å². The van der Waals surface area contributed by atoms with Gasteiger partial charge in [0.25, 0.3) is 0 Å². The summed E-state index contributed by atoms with van der Waals surface area (Å²) >= 11 is 0. The third-order valence-electron chi connectivity index (χ3n) is 5.45. The second kappa shape index (κ2) is 5.73. The van der Waals surface area contributed by atoms with Crippen molar-refractivity contribution in [3.05, 3.63) is 35.4 Å². The molecule has 0 amide bonds. The van der Waals surface area contributed by atoms with Crippen LogP contribution in [0.4, 0.5) is 0 Å². The summed E-state index contributed by atoms with van der Waals surface area (Å²) in [5.74, 6) is 0.752. The van der Waals surface area contributed by atoms with E-state index in [1.54, 1.807) is 11.1 Å². The summed E-state index contributed by atoms with van der Waals surface area (Å²) in [6.45, 7) is 13.0. The van der Waals surface area contributed by atoms with Crippen molar-refractivity contribution in [3.8, 4) is 0 Å². The highest BCUT2D eigenvalue weighted by Gasteiger charge is 2.34. The van der Waals surface area contributed by atoms with Gasteiger partial charge in [-0.05, 0) is 42.9 Å². The van der Waals surface area contributed by atoms with Crippen LogP contribution in [0, 0.1) is 5.41 Å². The van der Waals surface area contributed by atoms with Crippen molar-refractivity contribution in [3.63, 3.8) is 0 Å². The van der Waals surface area contributed by atoms with Crippen molar-refractivity contribution >= 4 is 0 Å². The smallest absolute Gasteiger partial charge is 0.0243 e. The Bertz CT molecular complexity index is 489. The van der Waals surface area contributed by atoms with Crippen LogP contribution in [0.25, 0.3) is 0 Å². The van der Waals surface area contributed by atoms with Gasteiger partial charge in [-0.2, -0.15) is 0 Å². The fraction of sp³-hybridized carbons (Fsp3) is 0.684. The van der Waals surface area contributed by atoms with E-state index in [0.717, 1.165) is 12.5 Å². The second-order valence-electron chi connectivity index (χ2n) is 8.06. The Morgan fingerprint density at radius 2 is 2.00 bits per heavy atom. The summed E-state index contributed by atoms with van der Waals surface area (Å²) in [7, 11) is 0. The lowest BCUT2D eigenvalue weighted by Crippen LogP contribution is -2.48. The van der Waals surface area contributed by atoms with Crippen molar-refractivity contribution in [2.45, 2.75) is 58.5 Å². The maximum atomic E-state index is 3.77. The molecule has 2 aliphatic rings. The lowest BCUT2D eigenvalue weighted by molar-refractivity contribution is 0.152. The molecule has 3 atom stereocenters. The van der Waals surface area contributed by atoms with Gasteiger partial charge in [0.2, 0.25) is 0 Å². The first-order valence-corrected chi connectivity index (χ1v) is 8.50. The molecule has 1 aromatic carbocycles. The summed E-state index contributed by atoms with van der Waals surface area (Å²) in [5.41, 5.74) is 3.49. The maximum Gasteiger partial charge on any atom is 0.0243 e. The van der Waals surface area contributed by atoms with Gasteiger partial charge < -0.3 is 5.32 Å². The number of fused-ring (bicyclic) bond motifs is 1. The van der Waals surface area contributed by atoms with E-state index in [1.165, 1.54) is 25.9 Å². The highest BCUT2D eigenvalue weighted by molar-refractivity contribution is 5.40. The average molecular weight is 286 g/mol. The molecule has 1 aliphatic heterocycles. The fourth-order valence-electron chi connectivity index (χ4n) is 3.77. The maximum absolute atomic E-state index is 3.77. The lowest BCUT2D eigenvalue weighted by Gasteiger charge is -2.39. The van der Waals surface area contributed by atoms with Crippen LogP contribution in [0.1, 0.15) is 51.2 Å². The third-order valence-corrected chi connectivity index (χ3v) is 5.45. The first-order chi connectivity index (χ1) is 9.95. The van der Waals surface area contributed by atoms with Crippen LogP contribution in [0.3, 0.4) is 0 Å². The molecule has 3 rings (SSSR count). The SMILES string of the molecule is CC1CCNC(C(C)(C)C)CN1CC1Cc2ccccc21. The summed E-state index contributed by atoms with van der Waals surface area (Å²) < 4.78 is 0. The summed E-state index contributed by atoms with van der Waals surface area (Å²) in [6.07, 6.45) is 2.54. The van der Waals surface area contributed by atoms with Crippen LogP contribution in [-0.4, -0.2) is 36.6 Å². The normalized spacial score (nSPS) is 30.4. The minimum Gasteiger partial charge on any atom is -0.312 e. The first kappa shape index (κ1) is 15.1. The zero-order valence-electron chi connectivity index (χ0n) is 14.0. The van der Waals surface area contributed by atoms with E-state index in [4.69, 9.17) is 0 Å². The van der Waals surface area contributed by atoms with Gasteiger partial charge in [0.15, 0.2) is 0 Å². The molecule has 0 bridgehead atoms. The van der Waals surface area contributed by atoms with Crippen LogP contribution in [-0.2, 0) is 6.42 Å². The molecule has 2 nitrogen and oxygen atoms in total. The Labute approximate surface area is 129 Å². The monoisotopic (exact) mass is 286 g/mol. The van der Waals surface area contributed by atoms with Crippen molar-refractivity contribution in [2.75, 3.05) is 19.6 Å². The zero-order chi connectivity index (χ0) is 15.0. The average Bonchev–Trinajstić information content (AvgIpc) is 2.58. The highest BCUT2D eigenvalue weighted by Crippen LogP contribution is 2.36. The van der Waals surface area contributed by atoms with Gasteiger partial charge in [-0.25, -0.2) is 0 Å². The fourth-order valence-corrected chi connectivity index (χ4v) is 3.77. The molecule has 1 aromatic rings. The number of nitrogens with one attached hydrogen (secondary N) is 1. The molecule has 1 heterocycles. The summed E-state index contributed by atoms with van der Waals surface area (Å²) in [5, 5.41) is 3.77. The minimum absolute atomic E-state index is 0.333. The molecule has 1 saturated heterocycles. The minimum atomic E-state index is 0.333. The molecule has 0 spiro atoms. The standard InChI is InChI=1S/C19H30N2/c1-14-9-10-20-18(19(2,3)4)13-21(14)12-16-11-15-7-5-6-8-17(15)16/h5-8,14,16,18,20H,9-13H2,1-4H3. The third kappa shape index (κ3) is 3.17. The molecule has 21 heavy (non-hydrogen) atoms. The van der Waals surface area contributed by atoms with E-state index < -0.39 is 0 Å². The van der Waals surface area contributed by atoms with Gasteiger partial charge in [-0.3, -0.25) is 4.90 Å². The van der Waals surface area contributed by atoms with E-state index in [-0.39, 0.29) is 0 Å². The van der Waals surface area contributed by atoms with Crippen molar-refractivity contribution in [2.24, 2.45) is 5.41 Å². The number of benzene rings is 1. The molecule has 0 radical (unpaired) electrons. The van der Waals surface area contributed by atoms with E-state index in [1.807, 2.05) is 0 Å². The Hall–Kier alpha value is -0.860. The van der Waals surface area contributed by atoms with Crippen LogP contribution in [0.15, 0.2) is 24.3 Å². The van der Waals surface area contributed by atoms with Gasteiger partial charge in [0, 0.05) is 31.1 Å². The Morgan fingerprint density at radius 3 is 2.71 bits per heavy atom. The van der Waals surface area contributed by atoms with Crippen LogP contribution in [0.5, 0.6) is 0 Å². The quantitative estimate of drug-likeness (QED) is 0.896. The van der Waals surface area contributed by atoms with Gasteiger partial charge in [-0.15, -0.1) is 0 Å². The second-order valence-corrected chi connectivity index (χ2v) is 8.06. The molecular formula is C19H30N2. The molecule has 1 N–H and O–H groups in total. The number of nitrogens with zero attached hydrogens (tertiary/aromatic N) is 1. The molecule has 1 aliphatic carbocycles. The highest BCUT2D eigenvalue weighted by atomic mass is 15.2. The summed E-state index contributed by atoms with van der Waals surface area (Å²) in [6, 6.07) is 10.3. The molecule has 2 heteroatoms. The Balaban J connectivity index is 1.68. The van der Waals surface area contributed by atoms with Crippen molar-refractivity contribution < 1.29 is 0 Å². The molecule has 116 valence electrons. The number of hydrogen-bond acceptors (Lipinski definition) is 2. The van der Waals surface area contributed by atoms with Crippen LogP contribution in [0.2, 0.25) is 0 Å². The van der Waals surface area contributed by atoms with Crippen molar-refractivity contribution in [1.29, 1.82) is 0 Å². The number of hydrogen-bond donors (Lipinski definition) is 1. The van der Waals surface area contributed by atoms with E-state index in [0.29, 0.717) is 17.5 Å². The number of rotatable bonds is 2. The Kier molecular flexibility index (Phi) is 4.11. The van der Waals surface area contributed by atoms with Gasteiger partial charge >= 0.3 is 0 Å². The Morgan fingerprint density at radius 1 is 1.24 bits per heavy atom. The molecule has 3 unspecified atom stereocenters. The molecule has 0 saturated carbocycles. The van der Waals surface area contributed by atoms with Gasteiger partial charge in [0.1, 0.15) is 0 Å². The lowest BCUT2D eigenvalue weighted by atomic mass is 9.77. The van der Waals surface area contributed by atoms with Crippen LogP contribution < -0.4 is 5.32 Å². The van der Waals surface area contributed by atoms with E-state index in [2.05, 4.69) is 62.2 Å². The predicted octanol–water partition coefficient (Wildman–Crippen LogP) is 3.42. The molecular weight excluding hydrogens is 256 g/mol. The van der Waals surface area contributed by atoms with Gasteiger partial charge in [0.05, 0.1) is 0 Å². The largest absolute Gasteiger partial charge is 0.312 e. The van der Waals surface area contributed by atoms with Crippen molar-refractivity contribution in [1.82, 2.24) is 10.2 Å². The van der Waals surface area contributed by atoms with E-state index in [9.17, 15) is 0 Å². The molecule has 1 fully saturated rings. The first-order valence-electron chi connectivity index (χ1n) is 8.50. The van der Waals surface area contributed by atoms with Gasteiger partial charge in [-0.1, -0.05) is 45.0 Å². The zero-order valence-corrected chi connectivity index (χ0v) is 14.0. The molecule has 0 aromatic heterocycles. The predicted molar refractivity (Wildman–Crippen MR) is 89.8 cm³/mol. The summed E-state index contributed by atoms with van der Waals surface area (Å²) in [4.78, 5) is 2.73.